The zero-order valence-corrected chi connectivity index (χ0v) is 11.1. The van der Waals surface area contributed by atoms with Gasteiger partial charge in [0.25, 0.3) is 0 Å². The van der Waals surface area contributed by atoms with E-state index in [1.54, 1.807) is 0 Å². The molecule has 0 bridgehead atoms. The van der Waals surface area contributed by atoms with Crippen LogP contribution in [0.1, 0.15) is 43.8 Å². The van der Waals surface area contributed by atoms with E-state index in [1.165, 1.54) is 19.3 Å². The van der Waals surface area contributed by atoms with Crippen molar-refractivity contribution in [3.63, 3.8) is 0 Å². The molecule has 0 aliphatic heterocycles. The molecule has 0 heterocycles. The van der Waals surface area contributed by atoms with Gasteiger partial charge >= 0.3 is 6.03 Å². The average molecular weight is 262 g/mol. The van der Waals surface area contributed by atoms with Gasteiger partial charge in [-0.2, -0.15) is 0 Å². The minimum atomic E-state index is -0.654. The molecule has 0 aromatic heterocycles. The van der Waals surface area contributed by atoms with E-state index in [4.69, 9.17) is 0 Å². The molecule has 4 heteroatoms. The van der Waals surface area contributed by atoms with Crippen LogP contribution in [0.25, 0.3) is 0 Å². The van der Waals surface area contributed by atoms with E-state index in [0.29, 0.717) is 6.04 Å². The Morgan fingerprint density at radius 2 is 1.89 bits per heavy atom. The molecule has 3 N–H and O–H groups in total. The van der Waals surface area contributed by atoms with Gasteiger partial charge < -0.3 is 15.7 Å². The van der Waals surface area contributed by atoms with Gasteiger partial charge in [-0.15, -0.1) is 0 Å². The number of aliphatic hydroxyl groups excluding tert-OH is 1. The molecule has 19 heavy (non-hydrogen) atoms. The second-order valence-corrected chi connectivity index (χ2v) is 5.12. The molecule has 104 valence electrons. The number of urea groups is 1. The highest BCUT2D eigenvalue weighted by Crippen LogP contribution is 2.17. The van der Waals surface area contributed by atoms with Crippen LogP contribution < -0.4 is 10.6 Å². The van der Waals surface area contributed by atoms with Gasteiger partial charge in [0.15, 0.2) is 0 Å². The van der Waals surface area contributed by atoms with Crippen LogP contribution in [0, 0.1) is 0 Å². The normalized spacial score (nSPS) is 17.7. The van der Waals surface area contributed by atoms with Crippen molar-refractivity contribution in [1.82, 2.24) is 10.6 Å². The van der Waals surface area contributed by atoms with E-state index >= 15 is 0 Å². The van der Waals surface area contributed by atoms with Crippen molar-refractivity contribution < 1.29 is 9.90 Å². The Morgan fingerprint density at radius 1 is 1.21 bits per heavy atom. The summed E-state index contributed by atoms with van der Waals surface area (Å²) in [5, 5.41) is 15.6. The molecule has 0 unspecified atom stereocenters. The highest BCUT2D eigenvalue weighted by molar-refractivity contribution is 5.74. The Kier molecular flexibility index (Phi) is 5.21. The van der Waals surface area contributed by atoms with E-state index in [-0.39, 0.29) is 12.6 Å². The van der Waals surface area contributed by atoms with Gasteiger partial charge in [-0.3, -0.25) is 0 Å². The zero-order chi connectivity index (χ0) is 13.5. The van der Waals surface area contributed by atoms with Gasteiger partial charge in [0, 0.05) is 12.6 Å². The third kappa shape index (κ3) is 4.56. The molecular formula is C15H22N2O2. The van der Waals surface area contributed by atoms with Crippen LogP contribution in [-0.2, 0) is 0 Å². The molecule has 1 aliphatic carbocycles. The highest BCUT2D eigenvalue weighted by atomic mass is 16.3. The molecular weight excluding hydrogens is 240 g/mol. The summed E-state index contributed by atoms with van der Waals surface area (Å²) in [7, 11) is 0. The first-order valence-electron chi connectivity index (χ1n) is 7.03. The topological polar surface area (TPSA) is 61.4 Å². The number of carbonyl (C=O) groups excluding carboxylic acids is 1. The van der Waals surface area contributed by atoms with Crippen molar-refractivity contribution in [1.29, 1.82) is 0 Å². The molecule has 1 saturated carbocycles. The number of amides is 2. The summed E-state index contributed by atoms with van der Waals surface area (Å²) in [6.45, 7) is 0.239. The van der Waals surface area contributed by atoms with Gasteiger partial charge in [0.05, 0.1) is 6.10 Å². The van der Waals surface area contributed by atoms with Crippen molar-refractivity contribution in [3.05, 3.63) is 35.9 Å². The molecule has 2 rings (SSSR count). The predicted octanol–water partition coefficient (Wildman–Crippen LogP) is 2.35. The van der Waals surface area contributed by atoms with Gasteiger partial charge in [-0.25, -0.2) is 4.79 Å². The number of benzene rings is 1. The smallest absolute Gasteiger partial charge is 0.315 e. The maximum atomic E-state index is 11.7. The first-order chi connectivity index (χ1) is 9.25. The summed E-state index contributed by atoms with van der Waals surface area (Å²) in [6, 6.07) is 9.47. The minimum Gasteiger partial charge on any atom is -0.387 e. The van der Waals surface area contributed by atoms with Crippen LogP contribution >= 0.6 is 0 Å². The molecule has 2 amide bonds. The summed E-state index contributed by atoms with van der Waals surface area (Å²) in [5.74, 6) is 0. The van der Waals surface area contributed by atoms with Gasteiger partial charge in [-0.05, 0) is 18.4 Å². The van der Waals surface area contributed by atoms with Crippen molar-refractivity contribution in [2.45, 2.75) is 44.2 Å². The number of aliphatic hydroxyl groups is 1. The summed E-state index contributed by atoms with van der Waals surface area (Å²) in [4.78, 5) is 11.7. The maximum Gasteiger partial charge on any atom is 0.315 e. The summed E-state index contributed by atoms with van der Waals surface area (Å²) in [6.07, 6.45) is 5.13. The molecule has 1 aromatic rings. The quantitative estimate of drug-likeness (QED) is 0.780. The number of nitrogens with one attached hydrogen (secondary N) is 2. The van der Waals surface area contributed by atoms with E-state index in [2.05, 4.69) is 10.6 Å². The lowest BCUT2D eigenvalue weighted by Crippen LogP contribution is -2.44. The Hall–Kier alpha value is -1.55. The standard InChI is InChI=1S/C15H22N2O2/c18-14(12-7-3-1-4-8-12)11-16-15(19)17-13-9-5-2-6-10-13/h1,3-4,7-8,13-14,18H,2,5-6,9-11H2,(H2,16,17,19)/t14-/m1/s1. The molecule has 0 saturated heterocycles. The fourth-order valence-electron chi connectivity index (χ4n) is 2.47. The monoisotopic (exact) mass is 262 g/mol. The molecule has 1 aromatic carbocycles. The zero-order valence-electron chi connectivity index (χ0n) is 11.1. The number of hydrogen-bond acceptors (Lipinski definition) is 2. The van der Waals surface area contributed by atoms with Crippen molar-refractivity contribution in [2.24, 2.45) is 0 Å². The highest BCUT2D eigenvalue weighted by Gasteiger charge is 2.16. The van der Waals surface area contributed by atoms with Gasteiger partial charge in [0.2, 0.25) is 0 Å². The Balaban J connectivity index is 1.71. The van der Waals surface area contributed by atoms with Crippen LogP contribution in [0.5, 0.6) is 0 Å². The summed E-state index contributed by atoms with van der Waals surface area (Å²) < 4.78 is 0. The van der Waals surface area contributed by atoms with Crippen molar-refractivity contribution in [3.8, 4) is 0 Å². The Bertz CT molecular complexity index is 388. The lowest BCUT2D eigenvalue weighted by atomic mass is 9.96. The minimum absolute atomic E-state index is 0.179. The van der Waals surface area contributed by atoms with Crippen LogP contribution in [0.4, 0.5) is 4.79 Å². The SMILES string of the molecule is O=C(NC[C@@H](O)c1ccccc1)NC1CCCCC1. The lowest BCUT2D eigenvalue weighted by molar-refractivity contribution is 0.172. The first-order valence-corrected chi connectivity index (χ1v) is 7.03. The molecule has 1 fully saturated rings. The molecule has 0 radical (unpaired) electrons. The van der Waals surface area contributed by atoms with E-state index in [9.17, 15) is 9.90 Å². The van der Waals surface area contributed by atoms with Crippen LogP contribution in [0.2, 0.25) is 0 Å². The second-order valence-electron chi connectivity index (χ2n) is 5.12. The maximum absolute atomic E-state index is 11.7. The average Bonchev–Trinajstić information content (AvgIpc) is 2.47. The third-order valence-corrected chi connectivity index (χ3v) is 3.58. The Morgan fingerprint density at radius 3 is 2.58 bits per heavy atom. The number of hydrogen-bond donors (Lipinski definition) is 3. The number of rotatable bonds is 4. The van der Waals surface area contributed by atoms with E-state index < -0.39 is 6.10 Å². The lowest BCUT2D eigenvalue weighted by Gasteiger charge is -2.23. The van der Waals surface area contributed by atoms with E-state index in [0.717, 1.165) is 18.4 Å². The summed E-state index contributed by atoms with van der Waals surface area (Å²) in [5.41, 5.74) is 0.820. The first kappa shape index (κ1) is 13.9. The predicted molar refractivity (Wildman–Crippen MR) is 74.8 cm³/mol. The third-order valence-electron chi connectivity index (χ3n) is 3.58. The largest absolute Gasteiger partial charge is 0.387 e. The fourth-order valence-corrected chi connectivity index (χ4v) is 2.47. The molecule has 4 nitrogen and oxygen atoms in total. The molecule has 0 spiro atoms. The van der Waals surface area contributed by atoms with E-state index in [1.807, 2.05) is 30.3 Å². The van der Waals surface area contributed by atoms with Crippen LogP contribution in [-0.4, -0.2) is 23.7 Å². The van der Waals surface area contributed by atoms with Crippen molar-refractivity contribution in [2.75, 3.05) is 6.54 Å². The van der Waals surface area contributed by atoms with Crippen LogP contribution in [0.15, 0.2) is 30.3 Å². The fraction of sp³-hybridized carbons (Fsp3) is 0.533. The summed E-state index contributed by atoms with van der Waals surface area (Å²) >= 11 is 0. The van der Waals surface area contributed by atoms with Crippen molar-refractivity contribution >= 4 is 6.03 Å². The van der Waals surface area contributed by atoms with Gasteiger partial charge in [-0.1, -0.05) is 49.6 Å². The number of carbonyl (C=O) groups is 1. The van der Waals surface area contributed by atoms with Crippen LogP contribution in [0.3, 0.4) is 0 Å². The Labute approximate surface area is 114 Å². The molecule has 1 atom stereocenters. The second kappa shape index (κ2) is 7.14. The molecule has 1 aliphatic rings. The van der Waals surface area contributed by atoms with Gasteiger partial charge in [0.1, 0.15) is 0 Å².